The molecule has 1 unspecified atom stereocenters. The molecule has 0 aliphatic carbocycles. The second-order valence-electron chi connectivity index (χ2n) is 6.99. The first-order valence-electron chi connectivity index (χ1n) is 9.08. The number of carbonyl (C=O) groups is 2. The summed E-state index contributed by atoms with van der Waals surface area (Å²) in [5.74, 6) is -2.04. The summed E-state index contributed by atoms with van der Waals surface area (Å²) in [7, 11) is -3.97. The molecule has 6 nitrogen and oxygen atoms in total. The topological polar surface area (TPSA) is 92.3 Å². The van der Waals surface area contributed by atoms with E-state index in [2.05, 4.69) is 10.6 Å². The van der Waals surface area contributed by atoms with E-state index in [0.717, 1.165) is 16.7 Å². The summed E-state index contributed by atoms with van der Waals surface area (Å²) in [5, 5.41) is 3.94. The van der Waals surface area contributed by atoms with Gasteiger partial charge in [0.2, 0.25) is 11.8 Å². The molecule has 2 amide bonds. The monoisotopic (exact) mass is 402 g/mol. The van der Waals surface area contributed by atoms with Crippen molar-refractivity contribution < 1.29 is 18.0 Å². The summed E-state index contributed by atoms with van der Waals surface area (Å²) in [6, 6.07) is 12.6. The highest BCUT2D eigenvalue weighted by Gasteiger charge is 2.33. The van der Waals surface area contributed by atoms with Crippen molar-refractivity contribution in [1.82, 2.24) is 0 Å². The van der Waals surface area contributed by atoms with Gasteiger partial charge in [0.1, 0.15) is 11.0 Å². The van der Waals surface area contributed by atoms with Gasteiger partial charge < -0.3 is 10.6 Å². The smallest absolute Gasteiger partial charge is 0.242 e. The van der Waals surface area contributed by atoms with Gasteiger partial charge in [-0.05, 0) is 68.1 Å². The SMILES string of the molecule is CCC(C(=O)Nc1cc(C)cc(C)c1)S(=O)(=O)CC(=O)Nc1cccc(C)c1. The number of rotatable bonds is 7. The molecule has 0 saturated carbocycles. The molecule has 0 saturated heterocycles. The van der Waals surface area contributed by atoms with Gasteiger partial charge in [0, 0.05) is 11.4 Å². The lowest BCUT2D eigenvalue weighted by Crippen LogP contribution is -2.39. The molecule has 0 spiro atoms. The van der Waals surface area contributed by atoms with Gasteiger partial charge in [-0.3, -0.25) is 9.59 Å². The Bertz CT molecular complexity index is 963. The minimum absolute atomic E-state index is 0.0800. The number of anilines is 2. The van der Waals surface area contributed by atoms with Gasteiger partial charge in [-0.15, -0.1) is 0 Å². The number of benzene rings is 2. The van der Waals surface area contributed by atoms with Crippen molar-refractivity contribution in [3.8, 4) is 0 Å². The average Bonchev–Trinajstić information content (AvgIpc) is 2.53. The van der Waals surface area contributed by atoms with E-state index in [1.807, 2.05) is 32.9 Å². The van der Waals surface area contributed by atoms with Crippen LogP contribution >= 0.6 is 0 Å². The fourth-order valence-electron chi connectivity index (χ4n) is 3.08. The minimum atomic E-state index is -3.97. The molecule has 0 aliphatic rings. The Morgan fingerprint density at radius 1 is 0.893 bits per heavy atom. The van der Waals surface area contributed by atoms with Crippen molar-refractivity contribution >= 4 is 33.0 Å². The Balaban J connectivity index is 2.10. The lowest BCUT2D eigenvalue weighted by Gasteiger charge is -2.16. The van der Waals surface area contributed by atoms with Crippen molar-refractivity contribution in [1.29, 1.82) is 0 Å². The summed E-state index contributed by atoms with van der Waals surface area (Å²) in [6.45, 7) is 7.28. The molecule has 2 aromatic rings. The third kappa shape index (κ3) is 5.92. The molecule has 0 aromatic heterocycles. The molecule has 2 rings (SSSR count). The normalized spacial score (nSPS) is 12.3. The zero-order valence-corrected chi connectivity index (χ0v) is 17.4. The molecule has 1 atom stereocenters. The maximum Gasteiger partial charge on any atom is 0.242 e. The fourth-order valence-corrected chi connectivity index (χ4v) is 4.61. The van der Waals surface area contributed by atoms with Gasteiger partial charge in [-0.25, -0.2) is 8.42 Å². The third-order valence-corrected chi connectivity index (χ3v) is 6.30. The van der Waals surface area contributed by atoms with Crippen molar-refractivity contribution in [2.45, 2.75) is 39.4 Å². The molecule has 0 bridgehead atoms. The highest BCUT2D eigenvalue weighted by Crippen LogP contribution is 2.17. The van der Waals surface area contributed by atoms with Crippen LogP contribution in [0.4, 0.5) is 11.4 Å². The first-order valence-corrected chi connectivity index (χ1v) is 10.8. The predicted molar refractivity (Wildman–Crippen MR) is 112 cm³/mol. The van der Waals surface area contributed by atoms with Gasteiger partial charge in [-0.1, -0.05) is 25.1 Å². The maximum atomic E-state index is 12.7. The van der Waals surface area contributed by atoms with Crippen LogP contribution in [0.2, 0.25) is 0 Å². The van der Waals surface area contributed by atoms with Crippen LogP contribution in [0.3, 0.4) is 0 Å². The number of amides is 2. The molecule has 28 heavy (non-hydrogen) atoms. The quantitative estimate of drug-likeness (QED) is 0.743. The largest absolute Gasteiger partial charge is 0.325 e. The van der Waals surface area contributed by atoms with E-state index in [1.165, 1.54) is 0 Å². The zero-order valence-electron chi connectivity index (χ0n) is 16.6. The number of hydrogen-bond donors (Lipinski definition) is 2. The van der Waals surface area contributed by atoms with Crippen molar-refractivity contribution in [3.05, 3.63) is 59.2 Å². The highest BCUT2D eigenvalue weighted by molar-refractivity contribution is 7.93. The Labute approximate surface area is 166 Å². The highest BCUT2D eigenvalue weighted by atomic mass is 32.2. The van der Waals surface area contributed by atoms with Gasteiger partial charge in [-0.2, -0.15) is 0 Å². The van der Waals surface area contributed by atoms with Crippen LogP contribution in [0.15, 0.2) is 42.5 Å². The number of carbonyl (C=O) groups excluding carboxylic acids is 2. The second-order valence-corrected chi connectivity index (χ2v) is 9.17. The van der Waals surface area contributed by atoms with Crippen LogP contribution < -0.4 is 10.6 Å². The van der Waals surface area contributed by atoms with Crippen LogP contribution in [0.5, 0.6) is 0 Å². The van der Waals surface area contributed by atoms with E-state index in [4.69, 9.17) is 0 Å². The second kappa shape index (κ2) is 9.01. The number of nitrogens with one attached hydrogen (secondary N) is 2. The molecule has 0 aliphatic heterocycles. The Hall–Kier alpha value is -2.67. The molecule has 7 heteroatoms. The van der Waals surface area contributed by atoms with Crippen LogP contribution in [-0.4, -0.2) is 31.2 Å². The summed E-state index contributed by atoms with van der Waals surface area (Å²) in [5.41, 5.74) is 3.93. The van der Waals surface area contributed by atoms with Gasteiger partial charge >= 0.3 is 0 Å². The van der Waals surface area contributed by atoms with E-state index in [1.54, 1.807) is 37.3 Å². The standard InChI is InChI=1S/C21H26N2O4S/c1-5-19(21(25)23-18-11-15(3)9-16(4)12-18)28(26,27)13-20(24)22-17-8-6-7-14(2)10-17/h6-12,19H,5,13H2,1-4H3,(H,22,24)(H,23,25). The molecule has 2 aromatic carbocycles. The summed E-state index contributed by atoms with van der Waals surface area (Å²) >= 11 is 0. The average molecular weight is 403 g/mol. The van der Waals surface area contributed by atoms with Crippen molar-refractivity contribution in [2.24, 2.45) is 0 Å². The molecule has 2 N–H and O–H groups in total. The Morgan fingerprint density at radius 3 is 2.07 bits per heavy atom. The van der Waals surface area contributed by atoms with E-state index in [0.29, 0.717) is 11.4 Å². The number of hydrogen-bond acceptors (Lipinski definition) is 4. The lowest BCUT2D eigenvalue weighted by atomic mass is 10.1. The van der Waals surface area contributed by atoms with Crippen LogP contribution in [0.1, 0.15) is 30.0 Å². The van der Waals surface area contributed by atoms with Gasteiger partial charge in [0.05, 0.1) is 0 Å². The van der Waals surface area contributed by atoms with Crippen molar-refractivity contribution in [3.63, 3.8) is 0 Å². The molecule has 150 valence electrons. The number of sulfone groups is 1. The molecule has 0 heterocycles. The Morgan fingerprint density at radius 2 is 1.50 bits per heavy atom. The van der Waals surface area contributed by atoms with Crippen molar-refractivity contribution in [2.75, 3.05) is 16.4 Å². The number of aryl methyl sites for hydroxylation is 3. The van der Waals surface area contributed by atoms with Gasteiger partial charge in [0.15, 0.2) is 9.84 Å². The molecule has 0 radical (unpaired) electrons. The third-order valence-electron chi connectivity index (χ3n) is 4.22. The molecular formula is C21H26N2O4S. The minimum Gasteiger partial charge on any atom is -0.325 e. The van der Waals surface area contributed by atoms with E-state index in [9.17, 15) is 18.0 Å². The first-order chi connectivity index (χ1) is 13.1. The maximum absolute atomic E-state index is 12.7. The molecular weight excluding hydrogens is 376 g/mol. The summed E-state index contributed by atoms with van der Waals surface area (Å²) in [4.78, 5) is 24.8. The van der Waals surface area contributed by atoms with E-state index >= 15 is 0 Å². The van der Waals surface area contributed by atoms with Crippen LogP contribution in [0, 0.1) is 20.8 Å². The summed E-state index contributed by atoms with van der Waals surface area (Å²) in [6.07, 6.45) is 0.0800. The summed E-state index contributed by atoms with van der Waals surface area (Å²) < 4.78 is 25.3. The Kier molecular flexibility index (Phi) is 6.96. The van der Waals surface area contributed by atoms with E-state index < -0.39 is 32.7 Å². The first kappa shape index (κ1) is 21.6. The molecule has 0 fully saturated rings. The predicted octanol–water partition coefficient (Wildman–Crippen LogP) is 3.38. The lowest BCUT2D eigenvalue weighted by molar-refractivity contribution is -0.115. The fraction of sp³-hybridized carbons (Fsp3) is 0.333. The zero-order chi connectivity index (χ0) is 20.9. The van der Waals surface area contributed by atoms with E-state index in [-0.39, 0.29) is 6.42 Å². The van der Waals surface area contributed by atoms with Gasteiger partial charge in [0.25, 0.3) is 0 Å². The van der Waals surface area contributed by atoms with Crippen LogP contribution in [-0.2, 0) is 19.4 Å². The van der Waals surface area contributed by atoms with Crippen LogP contribution in [0.25, 0.3) is 0 Å².